The highest BCUT2D eigenvalue weighted by molar-refractivity contribution is 6.10. The first-order valence-electron chi connectivity index (χ1n) is 9.90. The first-order chi connectivity index (χ1) is 15.5. The average Bonchev–Trinajstić information content (AvgIpc) is 2.99. The molecule has 0 spiro atoms. The maximum atomic E-state index is 14.0. The van der Waals surface area contributed by atoms with Gasteiger partial charge in [-0.2, -0.15) is 13.2 Å². The Bertz CT molecular complexity index is 1040. The molecule has 0 saturated carbocycles. The van der Waals surface area contributed by atoms with Crippen molar-refractivity contribution in [1.82, 2.24) is 15.5 Å². The normalized spacial score (nSPS) is 18.3. The minimum atomic E-state index is -5.30. The van der Waals surface area contributed by atoms with Crippen molar-refractivity contribution in [2.45, 2.75) is 38.3 Å². The van der Waals surface area contributed by atoms with Crippen LogP contribution in [0.1, 0.15) is 29.8 Å². The van der Waals surface area contributed by atoms with Gasteiger partial charge in [-0.3, -0.25) is 19.8 Å². The van der Waals surface area contributed by atoms with E-state index in [1.54, 1.807) is 36.6 Å². The molecule has 0 unspecified atom stereocenters. The summed E-state index contributed by atoms with van der Waals surface area (Å²) in [7, 11) is 1.44. The van der Waals surface area contributed by atoms with Crippen molar-refractivity contribution in [3.8, 4) is 11.5 Å². The molecule has 0 radical (unpaired) electrons. The number of amides is 4. The van der Waals surface area contributed by atoms with Gasteiger partial charge in [-0.15, -0.1) is 0 Å². The predicted octanol–water partition coefficient (Wildman–Crippen LogP) is 3.22. The molecule has 176 valence electrons. The lowest BCUT2D eigenvalue weighted by atomic mass is 10.1. The quantitative estimate of drug-likeness (QED) is 0.612. The number of hydrogen-bond acceptors (Lipinski definition) is 5. The van der Waals surface area contributed by atoms with Gasteiger partial charge in [0.25, 0.3) is 17.5 Å². The van der Waals surface area contributed by atoms with E-state index in [2.05, 4.69) is 0 Å². The van der Waals surface area contributed by atoms with Crippen molar-refractivity contribution in [1.29, 1.82) is 0 Å². The smallest absolute Gasteiger partial charge is 0.440 e. The van der Waals surface area contributed by atoms with Gasteiger partial charge in [0, 0.05) is 5.56 Å². The van der Waals surface area contributed by atoms with E-state index in [0.717, 1.165) is 0 Å². The predicted molar refractivity (Wildman–Crippen MR) is 111 cm³/mol. The fraction of sp³-hybridized carbons (Fsp3) is 0.318. The third kappa shape index (κ3) is 4.86. The van der Waals surface area contributed by atoms with E-state index in [4.69, 9.17) is 9.47 Å². The first kappa shape index (κ1) is 23.9. The molecule has 1 heterocycles. The summed E-state index contributed by atoms with van der Waals surface area (Å²) in [4.78, 5) is 38.1. The summed E-state index contributed by atoms with van der Waals surface area (Å²) < 4.78 is 52.5. The van der Waals surface area contributed by atoms with Crippen molar-refractivity contribution < 1.29 is 37.0 Å². The molecule has 3 rings (SSSR count). The highest BCUT2D eigenvalue weighted by Crippen LogP contribution is 2.35. The van der Waals surface area contributed by atoms with Crippen LogP contribution in [0, 0.1) is 0 Å². The van der Waals surface area contributed by atoms with Crippen LogP contribution < -0.4 is 20.1 Å². The topological polar surface area (TPSA) is 97.0 Å². The van der Waals surface area contributed by atoms with Crippen LogP contribution in [-0.2, 0) is 11.3 Å². The van der Waals surface area contributed by atoms with E-state index in [1.165, 1.54) is 43.5 Å². The number of imide groups is 1. The van der Waals surface area contributed by atoms with Crippen LogP contribution in [-0.4, -0.2) is 47.8 Å². The Morgan fingerprint density at radius 2 is 1.64 bits per heavy atom. The molecule has 1 saturated heterocycles. The number of methoxy groups -OCH3 is 1. The van der Waals surface area contributed by atoms with Crippen LogP contribution in [0.3, 0.4) is 0 Å². The van der Waals surface area contributed by atoms with Crippen molar-refractivity contribution in [3.63, 3.8) is 0 Å². The molecule has 1 aliphatic rings. The summed E-state index contributed by atoms with van der Waals surface area (Å²) in [5.74, 6) is -1.91. The summed E-state index contributed by atoms with van der Waals surface area (Å²) in [6.45, 7) is 3.16. The molecule has 33 heavy (non-hydrogen) atoms. The molecule has 11 heteroatoms. The van der Waals surface area contributed by atoms with Gasteiger partial charge in [0.15, 0.2) is 0 Å². The minimum absolute atomic E-state index is 0.138. The Morgan fingerprint density at radius 3 is 2.15 bits per heavy atom. The van der Waals surface area contributed by atoms with Gasteiger partial charge in [0.1, 0.15) is 11.5 Å². The average molecular weight is 465 g/mol. The SMILES string of the molecule is COc1ccc(CN2C(=O)N[C@@](NC(=O)c3ccc(OC(C)C)cc3)(C(F)(F)F)C2=O)cc1. The zero-order valence-electron chi connectivity index (χ0n) is 18.0. The van der Waals surface area contributed by atoms with Crippen molar-refractivity contribution >= 4 is 17.8 Å². The van der Waals surface area contributed by atoms with E-state index < -0.39 is 36.2 Å². The third-order valence-electron chi connectivity index (χ3n) is 4.82. The lowest BCUT2D eigenvalue weighted by Crippen LogP contribution is -2.69. The largest absolute Gasteiger partial charge is 0.497 e. The van der Waals surface area contributed by atoms with Crippen LogP contribution in [0.25, 0.3) is 0 Å². The van der Waals surface area contributed by atoms with Gasteiger partial charge in [-0.05, 0) is 55.8 Å². The van der Waals surface area contributed by atoms with Gasteiger partial charge >= 0.3 is 12.2 Å². The summed E-state index contributed by atoms with van der Waals surface area (Å²) in [5.41, 5.74) is -3.35. The number of hydrogen-bond donors (Lipinski definition) is 2. The van der Waals surface area contributed by atoms with Crippen LogP contribution in [0.2, 0.25) is 0 Å². The Balaban J connectivity index is 1.84. The van der Waals surface area contributed by atoms with Crippen LogP contribution in [0.5, 0.6) is 11.5 Å². The number of ether oxygens (including phenoxy) is 2. The molecule has 2 aromatic carbocycles. The molecule has 0 aliphatic carbocycles. The number of halogens is 3. The summed E-state index contributed by atoms with van der Waals surface area (Å²) in [6.07, 6.45) is -5.44. The van der Waals surface area contributed by atoms with Crippen molar-refractivity contribution in [2.75, 3.05) is 7.11 Å². The van der Waals surface area contributed by atoms with Gasteiger partial charge in [0.05, 0.1) is 19.8 Å². The van der Waals surface area contributed by atoms with Crippen molar-refractivity contribution in [3.05, 3.63) is 59.7 Å². The molecule has 1 aliphatic heterocycles. The second-order valence-corrected chi connectivity index (χ2v) is 7.56. The number of benzene rings is 2. The molecule has 2 N–H and O–H groups in total. The molecule has 1 atom stereocenters. The molecule has 8 nitrogen and oxygen atoms in total. The molecule has 2 aromatic rings. The fourth-order valence-corrected chi connectivity index (χ4v) is 3.18. The lowest BCUT2D eigenvalue weighted by Gasteiger charge is -2.30. The number of alkyl halides is 3. The highest BCUT2D eigenvalue weighted by Gasteiger charge is 2.68. The van der Waals surface area contributed by atoms with E-state index in [0.29, 0.717) is 22.0 Å². The van der Waals surface area contributed by atoms with Gasteiger partial charge < -0.3 is 14.8 Å². The van der Waals surface area contributed by atoms with E-state index in [9.17, 15) is 27.6 Å². The Morgan fingerprint density at radius 1 is 1.06 bits per heavy atom. The summed E-state index contributed by atoms with van der Waals surface area (Å²) in [6, 6.07) is 10.2. The third-order valence-corrected chi connectivity index (χ3v) is 4.82. The van der Waals surface area contributed by atoms with Crippen LogP contribution in [0.4, 0.5) is 18.0 Å². The van der Waals surface area contributed by atoms with E-state index in [-0.39, 0.29) is 11.7 Å². The monoisotopic (exact) mass is 465 g/mol. The zero-order valence-corrected chi connectivity index (χ0v) is 18.0. The molecule has 0 aromatic heterocycles. The first-order valence-corrected chi connectivity index (χ1v) is 9.90. The van der Waals surface area contributed by atoms with Gasteiger partial charge in [-0.25, -0.2) is 4.79 Å². The van der Waals surface area contributed by atoms with Gasteiger partial charge in [0.2, 0.25) is 0 Å². The minimum Gasteiger partial charge on any atom is -0.497 e. The molecule has 0 bridgehead atoms. The zero-order chi connectivity index (χ0) is 24.4. The molecular formula is C22H22F3N3O5. The number of carbonyl (C=O) groups excluding carboxylic acids is 3. The fourth-order valence-electron chi connectivity index (χ4n) is 3.18. The lowest BCUT2D eigenvalue weighted by molar-refractivity contribution is -0.200. The van der Waals surface area contributed by atoms with Crippen LogP contribution >= 0.6 is 0 Å². The Hall–Kier alpha value is -3.76. The van der Waals surface area contributed by atoms with E-state index >= 15 is 0 Å². The molecular weight excluding hydrogens is 443 g/mol. The summed E-state index contributed by atoms with van der Waals surface area (Å²) >= 11 is 0. The Kier molecular flexibility index (Phi) is 6.52. The summed E-state index contributed by atoms with van der Waals surface area (Å²) in [5, 5.41) is 3.29. The molecule has 1 fully saturated rings. The maximum absolute atomic E-state index is 14.0. The number of urea groups is 1. The van der Waals surface area contributed by atoms with Crippen molar-refractivity contribution in [2.24, 2.45) is 0 Å². The van der Waals surface area contributed by atoms with Crippen LogP contribution in [0.15, 0.2) is 48.5 Å². The number of rotatable bonds is 7. The second-order valence-electron chi connectivity index (χ2n) is 7.56. The Labute approximate surface area is 187 Å². The number of nitrogens with one attached hydrogen (secondary N) is 2. The maximum Gasteiger partial charge on any atom is 0.440 e. The number of carbonyl (C=O) groups is 3. The standard InChI is InChI=1S/C22H22F3N3O5/c1-13(2)33-17-10-6-15(7-11-17)18(29)26-21(22(23,24)25)19(30)28(20(31)27-21)12-14-4-8-16(32-3)9-5-14/h4-11,13H,12H2,1-3H3,(H,26,29)(H,27,31)/t21-/m1/s1. The highest BCUT2D eigenvalue weighted by atomic mass is 19.4. The van der Waals surface area contributed by atoms with Gasteiger partial charge in [-0.1, -0.05) is 12.1 Å². The second kappa shape index (κ2) is 9.00. The molecule has 4 amide bonds. The van der Waals surface area contributed by atoms with E-state index in [1.807, 2.05) is 0 Å². The number of nitrogens with zero attached hydrogens (tertiary/aromatic N) is 1.